The molecule has 96 valence electrons. The fourth-order valence-corrected chi connectivity index (χ4v) is 1.85. The van der Waals surface area contributed by atoms with E-state index in [1.54, 1.807) is 0 Å². The number of hydrogen-bond acceptors (Lipinski definition) is 5. The van der Waals surface area contributed by atoms with Gasteiger partial charge in [-0.2, -0.15) is 0 Å². The minimum Gasteiger partial charge on any atom is -0.388 e. The van der Waals surface area contributed by atoms with Crippen LogP contribution in [-0.4, -0.2) is 33.4 Å². The predicted molar refractivity (Wildman–Crippen MR) is 59.9 cm³/mol. The van der Waals surface area contributed by atoms with Crippen LogP contribution in [-0.2, 0) is 4.74 Å². The number of hydrogen-bond donors (Lipinski definition) is 2. The van der Waals surface area contributed by atoms with Gasteiger partial charge in [-0.3, -0.25) is 14.3 Å². The van der Waals surface area contributed by atoms with Gasteiger partial charge in [-0.15, -0.1) is 0 Å². The SMILES string of the molecule is [N-]=[N+]=NC[C@H]1C[C@@H](O)[C@H](n2ccc(=O)[nH]c2=O)O1. The maximum absolute atomic E-state index is 11.5. The molecule has 2 N–H and O–H groups in total. The van der Waals surface area contributed by atoms with Crippen molar-refractivity contribution in [3.63, 3.8) is 0 Å². The second kappa shape index (κ2) is 5.05. The van der Waals surface area contributed by atoms with Crippen LogP contribution in [0.2, 0.25) is 0 Å². The summed E-state index contributed by atoms with van der Waals surface area (Å²) in [6, 6.07) is 1.16. The van der Waals surface area contributed by atoms with Crippen molar-refractivity contribution in [1.29, 1.82) is 0 Å². The van der Waals surface area contributed by atoms with Crippen molar-refractivity contribution in [1.82, 2.24) is 9.55 Å². The molecule has 9 heteroatoms. The fraction of sp³-hybridized carbons (Fsp3) is 0.556. The van der Waals surface area contributed by atoms with Gasteiger partial charge in [-0.05, 0) is 5.53 Å². The van der Waals surface area contributed by atoms with Gasteiger partial charge in [0, 0.05) is 23.6 Å². The Morgan fingerprint density at radius 2 is 2.44 bits per heavy atom. The maximum atomic E-state index is 11.5. The minimum absolute atomic E-state index is 0.0855. The number of aromatic nitrogens is 2. The van der Waals surface area contributed by atoms with Gasteiger partial charge in [0.15, 0.2) is 6.23 Å². The Morgan fingerprint density at radius 1 is 1.67 bits per heavy atom. The Balaban J connectivity index is 2.21. The lowest BCUT2D eigenvalue weighted by atomic mass is 10.2. The number of nitrogens with zero attached hydrogens (tertiary/aromatic N) is 4. The summed E-state index contributed by atoms with van der Waals surface area (Å²) in [6.07, 6.45) is -0.708. The van der Waals surface area contributed by atoms with Crippen LogP contribution in [0.5, 0.6) is 0 Å². The van der Waals surface area contributed by atoms with Gasteiger partial charge in [0.05, 0.1) is 12.6 Å². The van der Waals surface area contributed by atoms with Crippen LogP contribution in [0.15, 0.2) is 27.0 Å². The molecule has 0 spiro atoms. The average Bonchev–Trinajstić information content (AvgIpc) is 2.68. The van der Waals surface area contributed by atoms with Gasteiger partial charge in [0.2, 0.25) is 0 Å². The van der Waals surface area contributed by atoms with E-state index >= 15 is 0 Å². The highest BCUT2D eigenvalue weighted by molar-refractivity contribution is 4.89. The Hall–Kier alpha value is -2.09. The van der Waals surface area contributed by atoms with Crippen molar-refractivity contribution in [2.75, 3.05) is 6.54 Å². The van der Waals surface area contributed by atoms with Crippen molar-refractivity contribution in [2.24, 2.45) is 5.11 Å². The third kappa shape index (κ3) is 2.43. The first-order valence-corrected chi connectivity index (χ1v) is 5.27. The molecular weight excluding hydrogens is 242 g/mol. The minimum atomic E-state index is -0.896. The molecule has 1 saturated heterocycles. The molecule has 0 bridgehead atoms. The second-order valence-electron chi connectivity index (χ2n) is 3.88. The Bertz CT molecular complexity index is 587. The van der Waals surface area contributed by atoms with Gasteiger partial charge in [0.1, 0.15) is 6.10 Å². The number of rotatable bonds is 3. The summed E-state index contributed by atoms with van der Waals surface area (Å²) in [4.78, 5) is 27.1. The number of aliphatic hydroxyl groups is 1. The van der Waals surface area contributed by atoms with E-state index in [4.69, 9.17) is 10.3 Å². The molecule has 1 fully saturated rings. The first-order chi connectivity index (χ1) is 8.61. The molecule has 1 aromatic heterocycles. The van der Waals surface area contributed by atoms with E-state index in [9.17, 15) is 14.7 Å². The molecule has 0 aromatic carbocycles. The van der Waals surface area contributed by atoms with Gasteiger partial charge < -0.3 is 9.84 Å². The number of H-pyrrole nitrogens is 1. The molecule has 0 aliphatic carbocycles. The van der Waals surface area contributed by atoms with Crippen LogP contribution in [0.25, 0.3) is 10.4 Å². The topological polar surface area (TPSA) is 133 Å². The molecule has 3 atom stereocenters. The van der Waals surface area contributed by atoms with Crippen molar-refractivity contribution in [2.45, 2.75) is 24.9 Å². The van der Waals surface area contributed by atoms with E-state index in [2.05, 4.69) is 15.0 Å². The molecule has 0 unspecified atom stereocenters. The van der Waals surface area contributed by atoms with E-state index in [1.165, 1.54) is 6.20 Å². The van der Waals surface area contributed by atoms with Crippen molar-refractivity contribution < 1.29 is 9.84 Å². The van der Waals surface area contributed by atoms with E-state index in [-0.39, 0.29) is 13.0 Å². The molecule has 0 radical (unpaired) electrons. The Morgan fingerprint density at radius 3 is 3.11 bits per heavy atom. The van der Waals surface area contributed by atoms with Crippen molar-refractivity contribution in [3.05, 3.63) is 43.5 Å². The Labute approximate surface area is 100 Å². The summed E-state index contributed by atoms with van der Waals surface area (Å²) in [6.45, 7) is 0.0855. The lowest BCUT2D eigenvalue weighted by Crippen LogP contribution is -2.34. The Kier molecular flexibility index (Phi) is 3.47. The molecule has 1 aromatic rings. The normalized spacial score (nSPS) is 26.8. The van der Waals surface area contributed by atoms with Crippen molar-refractivity contribution in [3.8, 4) is 0 Å². The lowest BCUT2D eigenvalue weighted by molar-refractivity contribution is -0.0371. The predicted octanol–water partition coefficient (Wildman–Crippen LogP) is -0.505. The van der Waals surface area contributed by atoms with Crippen LogP contribution in [0.4, 0.5) is 0 Å². The third-order valence-corrected chi connectivity index (χ3v) is 2.64. The van der Waals surface area contributed by atoms with Gasteiger partial charge in [-0.25, -0.2) is 4.79 Å². The van der Waals surface area contributed by atoms with E-state index in [0.29, 0.717) is 0 Å². The maximum Gasteiger partial charge on any atom is 0.330 e. The average molecular weight is 253 g/mol. The van der Waals surface area contributed by atoms with Gasteiger partial charge in [0.25, 0.3) is 5.56 Å². The summed E-state index contributed by atoms with van der Waals surface area (Å²) < 4.78 is 6.51. The molecule has 0 saturated carbocycles. The van der Waals surface area contributed by atoms with E-state index in [1.807, 2.05) is 0 Å². The fourth-order valence-electron chi connectivity index (χ4n) is 1.85. The molecule has 0 amide bonds. The number of ether oxygens (including phenoxy) is 1. The summed E-state index contributed by atoms with van der Waals surface area (Å²) in [5.41, 5.74) is 7.02. The zero-order chi connectivity index (χ0) is 13.1. The molecule has 1 aliphatic heterocycles. The highest BCUT2D eigenvalue weighted by atomic mass is 16.5. The molecular formula is C9H11N5O4. The highest BCUT2D eigenvalue weighted by Crippen LogP contribution is 2.27. The van der Waals surface area contributed by atoms with Crippen LogP contribution < -0.4 is 11.2 Å². The molecule has 9 nitrogen and oxygen atoms in total. The number of azide groups is 1. The first-order valence-electron chi connectivity index (χ1n) is 5.27. The van der Waals surface area contributed by atoms with E-state index < -0.39 is 29.7 Å². The smallest absolute Gasteiger partial charge is 0.330 e. The van der Waals surface area contributed by atoms with Crippen LogP contribution in [0.1, 0.15) is 12.6 Å². The molecule has 2 rings (SSSR count). The monoisotopic (exact) mass is 253 g/mol. The van der Waals surface area contributed by atoms with Crippen molar-refractivity contribution >= 4 is 0 Å². The van der Waals surface area contributed by atoms with Crippen LogP contribution in [0, 0.1) is 0 Å². The first kappa shape index (κ1) is 12.4. The number of aromatic amines is 1. The number of aliphatic hydroxyl groups excluding tert-OH is 1. The highest BCUT2D eigenvalue weighted by Gasteiger charge is 2.35. The molecule has 18 heavy (non-hydrogen) atoms. The van der Waals surface area contributed by atoms with Gasteiger partial charge in [-0.1, -0.05) is 5.11 Å². The molecule has 1 aliphatic rings. The lowest BCUT2D eigenvalue weighted by Gasteiger charge is -2.16. The second-order valence-corrected chi connectivity index (χ2v) is 3.88. The van der Waals surface area contributed by atoms with Crippen LogP contribution >= 0.6 is 0 Å². The summed E-state index contributed by atoms with van der Waals surface area (Å²) in [7, 11) is 0. The van der Waals surface area contributed by atoms with Gasteiger partial charge >= 0.3 is 5.69 Å². The standard InChI is InChI=1S/C9H11N5O4/c10-13-11-4-5-3-6(15)8(18-5)14-2-1-7(16)12-9(14)17/h1-2,5-6,8,15H,3-4H2,(H,12,16,17)/t5-,6-,8-/m1/s1. The molecule has 2 heterocycles. The zero-order valence-electron chi connectivity index (χ0n) is 9.26. The third-order valence-electron chi connectivity index (χ3n) is 2.64. The number of nitrogens with one attached hydrogen (secondary N) is 1. The summed E-state index contributed by atoms with van der Waals surface area (Å²) in [5, 5.41) is 13.1. The largest absolute Gasteiger partial charge is 0.388 e. The van der Waals surface area contributed by atoms with Crippen LogP contribution in [0.3, 0.4) is 0 Å². The van der Waals surface area contributed by atoms with E-state index in [0.717, 1.165) is 10.6 Å². The summed E-state index contributed by atoms with van der Waals surface area (Å²) >= 11 is 0. The summed E-state index contributed by atoms with van der Waals surface area (Å²) in [5.74, 6) is 0. The zero-order valence-corrected chi connectivity index (χ0v) is 9.26. The quantitative estimate of drug-likeness (QED) is 0.426.